The summed E-state index contributed by atoms with van der Waals surface area (Å²) in [6.45, 7) is 1.97. The molecule has 28 heavy (non-hydrogen) atoms. The number of methoxy groups -OCH3 is 1. The molecule has 3 rings (SSSR count). The molecule has 7 nitrogen and oxygen atoms in total. The van der Waals surface area contributed by atoms with Gasteiger partial charge in [-0.3, -0.25) is 4.79 Å². The first-order valence-corrected chi connectivity index (χ1v) is 8.69. The summed E-state index contributed by atoms with van der Waals surface area (Å²) in [5.41, 5.74) is 2.61. The summed E-state index contributed by atoms with van der Waals surface area (Å²) in [5, 5.41) is 6.09. The molecule has 0 saturated heterocycles. The number of para-hydroxylation sites is 1. The normalized spacial score (nSPS) is 10.2. The van der Waals surface area contributed by atoms with E-state index in [0.717, 1.165) is 11.3 Å². The number of rotatable bonds is 5. The molecule has 1 heterocycles. The number of hydrogen-bond acceptors (Lipinski definition) is 6. The fourth-order valence-electron chi connectivity index (χ4n) is 2.45. The van der Waals surface area contributed by atoms with Crippen LogP contribution in [0, 0.1) is 6.92 Å². The first kappa shape index (κ1) is 19.3. The van der Waals surface area contributed by atoms with Gasteiger partial charge in [-0.25, -0.2) is 14.8 Å². The van der Waals surface area contributed by atoms with E-state index in [4.69, 9.17) is 11.6 Å². The van der Waals surface area contributed by atoms with Gasteiger partial charge in [0.25, 0.3) is 5.91 Å². The highest BCUT2D eigenvalue weighted by Gasteiger charge is 2.14. The van der Waals surface area contributed by atoms with Crippen LogP contribution in [-0.2, 0) is 4.74 Å². The maximum absolute atomic E-state index is 12.6. The van der Waals surface area contributed by atoms with Crippen molar-refractivity contribution in [2.75, 3.05) is 17.7 Å². The number of nitrogens with one attached hydrogen (secondary N) is 2. The number of halogens is 1. The van der Waals surface area contributed by atoms with Gasteiger partial charge in [0.1, 0.15) is 17.8 Å². The zero-order chi connectivity index (χ0) is 20.1. The van der Waals surface area contributed by atoms with Crippen molar-refractivity contribution in [1.29, 1.82) is 0 Å². The fourth-order valence-corrected chi connectivity index (χ4v) is 2.62. The summed E-state index contributed by atoms with van der Waals surface area (Å²) >= 11 is 6.12. The second-order valence-electron chi connectivity index (χ2n) is 5.87. The Morgan fingerprint density at radius 2 is 1.82 bits per heavy atom. The van der Waals surface area contributed by atoms with Crippen LogP contribution in [0.15, 0.2) is 54.9 Å². The van der Waals surface area contributed by atoms with Crippen molar-refractivity contribution in [2.24, 2.45) is 0 Å². The molecule has 142 valence electrons. The van der Waals surface area contributed by atoms with Crippen molar-refractivity contribution in [3.8, 4) is 0 Å². The molecule has 0 radical (unpaired) electrons. The summed E-state index contributed by atoms with van der Waals surface area (Å²) in [5.74, 6) is -0.540. The molecule has 0 saturated carbocycles. The average Bonchev–Trinajstić information content (AvgIpc) is 2.71. The largest absolute Gasteiger partial charge is 0.465 e. The molecular weight excluding hydrogens is 380 g/mol. The minimum absolute atomic E-state index is 0.144. The molecule has 0 aliphatic carbocycles. The Kier molecular flexibility index (Phi) is 5.86. The van der Waals surface area contributed by atoms with Gasteiger partial charge < -0.3 is 15.4 Å². The summed E-state index contributed by atoms with van der Waals surface area (Å²) in [6.07, 6.45) is 1.29. The number of anilines is 3. The summed E-state index contributed by atoms with van der Waals surface area (Å²) < 4.78 is 4.68. The van der Waals surface area contributed by atoms with Crippen molar-refractivity contribution in [1.82, 2.24) is 9.97 Å². The maximum Gasteiger partial charge on any atom is 0.337 e. The molecule has 1 aromatic heterocycles. The molecular formula is C20H17ClN4O3. The molecule has 2 N–H and O–H groups in total. The van der Waals surface area contributed by atoms with E-state index in [-0.39, 0.29) is 22.0 Å². The summed E-state index contributed by atoms with van der Waals surface area (Å²) in [4.78, 5) is 32.4. The van der Waals surface area contributed by atoms with Crippen LogP contribution in [0.2, 0.25) is 5.02 Å². The molecule has 0 aliphatic heterocycles. The Morgan fingerprint density at radius 3 is 2.57 bits per heavy atom. The SMILES string of the molecule is COC(=O)c1ccc(Cl)c(NC(=O)c2cc(Nc3ccccc3C)ncn2)c1. The minimum Gasteiger partial charge on any atom is -0.465 e. The lowest BCUT2D eigenvalue weighted by Crippen LogP contribution is -2.15. The van der Waals surface area contributed by atoms with Crippen LogP contribution >= 0.6 is 11.6 Å². The molecule has 0 spiro atoms. The minimum atomic E-state index is -0.529. The Labute approximate surface area is 166 Å². The number of aromatic nitrogens is 2. The van der Waals surface area contributed by atoms with Crippen LogP contribution in [0.5, 0.6) is 0 Å². The fraction of sp³-hybridized carbons (Fsp3) is 0.100. The second-order valence-corrected chi connectivity index (χ2v) is 6.28. The number of aryl methyl sites for hydroxylation is 1. The molecule has 0 aliphatic rings. The lowest BCUT2D eigenvalue weighted by Gasteiger charge is -2.11. The van der Waals surface area contributed by atoms with Crippen molar-refractivity contribution < 1.29 is 14.3 Å². The summed E-state index contributed by atoms with van der Waals surface area (Å²) in [6, 6.07) is 13.7. The Morgan fingerprint density at radius 1 is 1.04 bits per heavy atom. The molecule has 1 amide bonds. The van der Waals surface area contributed by atoms with Gasteiger partial charge in [0.05, 0.1) is 23.4 Å². The Bertz CT molecular complexity index is 1040. The molecule has 0 bridgehead atoms. The Hall–Kier alpha value is -3.45. The number of carbonyl (C=O) groups is 2. The topological polar surface area (TPSA) is 93.2 Å². The maximum atomic E-state index is 12.6. The number of hydrogen-bond donors (Lipinski definition) is 2. The number of amides is 1. The predicted molar refractivity (Wildman–Crippen MR) is 107 cm³/mol. The molecule has 8 heteroatoms. The highest BCUT2D eigenvalue weighted by molar-refractivity contribution is 6.34. The van der Waals surface area contributed by atoms with Crippen molar-refractivity contribution in [2.45, 2.75) is 6.92 Å². The van der Waals surface area contributed by atoms with E-state index in [1.54, 1.807) is 0 Å². The second kappa shape index (κ2) is 8.49. The van der Waals surface area contributed by atoms with E-state index in [9.17, 15) is 9.59 Å². The van der Waals surface area contributed by atoms with E-state index in [1.807, 2.05) is 31.2 Å². The standard InChI is InChI=1S/C20H17ClN4O3/c1-12-5-3-4-6-15(12)24-18-10-17(22-11-23-18)19(26)25-16-9-13(20(27)28-2)7-8-14(16)21/h3-11H,1-2H3,(H,25,26)(H,22,23,24). The van der Waals surface area contributed by atoms with E-state index < -0.39 is 11.9 Å². The summed E-state index contributed by atoms with van der Waals surface area (Å²) in [7, 11) is 1.28. The first-order valence-electron chi connectivity index (χ1n) is 8.32. The van der Waals surface area contributed by atoms with Gasteiger partial charge in [-0.2, -0.15) is 0 Å². The monoisotopic (exact) mass is 396 g/mol. The van der Waals surface area contributed by atoms with E-state index in [2.05, 4.69) is 25.3 Å². The third kappa shape index (κ3) is 4.44. The van der Waals surface area contributed by atoms with Crippen molar-refractivity contribution >= 4 is 40.7 Å². The smallest absolute Gasteiger partial charge is 0.337 e. The van der Waals surface area contributed by atoms with Gasteiger partial charge in [0.15, 0.2) is 0 Å². The number of esters is 1. The number of carbonyl (C=O) groups excluding carboxylic acids is 2. The first-order chi connectivity index (χ1) is 13.5. The predicted octanol–water partition coefficient (Wildman–Crippen LogP) is 4.22. The Balaban J connectivity index is 1.80. The van der Waals surface area contributed by atoms with Crippen molar-refractivity contribution in [3.05, 3.63) is 76.7 Å². The molecule has 0 atom stereocenters. The molecule has 2 aromatic carbocycles. The number of nitrogens with zero attached hydrogens (tertiary/aromatic N) is 2. The van der Waals surface area contributed by atoms with Gasteiger partial charge in [0.2, 0.25) is 0 Å². The van der Waals surface area contributed by atoms with Crippen LogP contribution < -0.4 is 10.6 Å². The number of ether oxygens (including phenoxy) is 1. The van der Waals surface area contributed by atoms with Gasteiger partial charge in [-0.1, -0.05) is 29.8 Å². The highest BCUT2D eigenvalue weighted by Crippen LogP contribution is 2.24. The molecule has 0 fully saturated rings. The van der Waals surface area contributed by atoms with Crippen LogP contribution in [0.25, 0.3) is 0 Å². The average molecular weight is 397 g/mol. The van der Waals surface area contributed by atoms with E-state index >= 15 is 0 Å². The number of benzene rings is 2. The van der Waals surface area contributed by atoms with Crippen LogP contribution in [0.4, 0.5) is 17.2 Å². The van der Waals surface area contributed by atoms with Crippen LogP contribution in [0.1, 0.15) is 26.4 Å². The zero-order valence-corrected chi connectivity index (χ0v) is 15.9. The zero-order valence-electron chi connectivity index (χ0n) is 15.2. The van der Waals surface area contributed by atoms with E-state index in [1.165, 1.54) is 37.7 Å². The quantitative estimate of drug-likeness (QED) is 0.627. The van der Waals surface area contributed by atoms with Gasteiger partial charge in [0, 0.05) is 11.8 Å². The van der Waals surface area contributed by atoms with Gasteiger partial charge >= 0.3 is 5.97 Å². The molecule has 3 aromatic rings. The lowest BCUT2D eigenvalue weighted by atomic mass is 10.2. The highest BCUT2D eigenvalue weighted by atomic mass is 35.5. The van der Waals surface area contributed by atoms with Gasteiger partial charge in [-0.05, 0) is 36.8 Å². The van der Waals surface area contributed by atoms with Crippen molar-refractivity contribution in [3.63, 3.8) is 0 Å². The molecule has 0 unspecified atom stereocenters. The lowest BCUT2D eigenvalue weighted by molar-refractivity contribution is 0.0600. The van der Waals surface area contributed by atoms with Gasteiger partial charge in [-0.15, -0.1) is 0 Å². The van der Waals surface area contributed by atoms with Crippen LogP contribution in [0.3, 0.4) is 0 Å². The third-order valence-corrected chi connectivity index (χ3v) is 4.27. The van der Waals surface area contributed by atoms with E-state index in [0.29, 0.717) is 5.82 Å². The van der Waals surface area contributed by atoms with Crippen LogP contribution in [-0.4, -0.2) is 29.0 Å². The third-order valence-electron chi connectivity index (χ3n) is 3.94.